The molecule has 0 bridgehead atoms. The third kappa shape index (κ3) is 5.64. The lowest BCUT2D eigenvalue weighted by Gasteiger charge is -2.39. The number of carbonyl (C=O) groups is 2. The van der Waals surface area contributed by atoms with Crippen molar-refractivity contribution in [3.8, 4) is 11.3 Å². The lowest BCUT2D eigenvalue weighted by molar-refractivity contribution is -0.143. The van der Waals surface area contributed by atoms with Crippen LogP contribution in [0, 0.1) is 24.4 Å². The van der Waals surface area contributed by atoms with Crippen LogP contribution in [0.3, 0.4) is 0 Å². The molecule has 1 atom stereocenters. The first-order chi connectivity index (χ1) is 20.3. The summed E-state index contributed by atoms with van der Waals surface area (Å²) in [5.41, 5.74) is 3.88. The quantitative estimate of drug-likeness (QED) is 0.257. The highest BCUT2D eigenvalue weighted by atomic mass is 19.4. The third-order valence-electron chi connectivity index (χ3n) is 7.31. The average Bonchev–Trinajstić information content (AvgIpc) is 3.37. The highest BCUT2D eigenvalue weighted by molar-refractivity contribution is 6.02. The molecule has 15 heteroatoms. The standard InChI is InChI=1S/C28H24F6N6O3/c1-14-23(16-4-2-15(13-41)3-5-16)37-26-19(10-36-40(26)24(14)28(32,33)34)27(43)39-7-6-38(12-21(39)25(35)42)11-17-8-18(29)9-20(30)22(17)31/h2-5,8-10,21,41H,6-7,11-13H2,1H3,(H2,35,42)/t21-/m0/s1. The van der Waals surface area contributed by atoms with Gasteiger partial charge in [0.2, 0.25) is 5.91 Å². The summed E-state index contributed by atoms with van der Waals surface area (Å²) in [7, 11) is 0. The van der Waals surface area contributed by atoms with Gasteiger partial charge in [-0.1, -0.05) is 24.3 Å². The lowest BCUT2D eigenvalue weighted by Crippen LogP contribution is -2.59. The van der Waals surface area contributed by atoms with Gasteiger partial charge in [-0.05, 0) is 18.6 Å². The molecule has 2 aromatic carbocycles. The van der Waals surface area contributed by atoms with E-state index in [9.17, 15) is 41.0 Å². The van der Waals surface area contributed by atoms with E-state index in [0.29, 0.717) is 21.7 Å². The number of nitrogens with two attached hydrogens (primary N) is 1. The number of halogens is 6. The molecule has 1 fully saturated rings. The number of aliphatic hydroxyl groups is 1. The van der Waals surface area contributed by atoms with E-state index in [1.54, 1.807) is 0 Å². The molecule has 226 valence electrons. The number of benzene rings is 2. The monoisotopic (exact) mass is 606 g/mol. The molecule has 2 amide bonds. The number of aliphatic hydroxyl groups excluding tert-OH is 1. The zero-order valence-electron chi connectivity index (χ0n) is 22.5. The molecule has 0 radical (unpaired) electrons. The van der Waals surface area contributed by atoms with Crippen LogP contribution in [-0.2, 0) is 24.1 Å². The Morgan fingerprint density at radius 1 is 1.09 bits per heavy atom. The van der Waals surface area contributed by atoms with E-state index >= 15 is 0 Å². The second kappa shape index (κ2) is 11.3. The number of amides is 2. The first-order valence-corrected chi connectivity index (χ1v) is 12.9. The Morgan fingerprint density at radius 2 is 1.79 bits per heavy atom. The Morgan fingerprint density at radius 3 is 2.42 bits per heavy atom. The molecule has 1 aliphatic rings. The summed E-state index contributed by atoms with van der Waals surface area (Å²) >= 11 is 0. The molecule has 3 N–H and O–H groups in total. The maximum absolute atomic E-state index is 14.3. The first-order valence-electron chi connectivity index (χ1n) is 12.9. The van der Waals surface area contributed by atoms with Gasteiger partial charge in [-0.3, -0.25) is 14.5 Å². The molecule has 9 nitrogen and oxygen atoms in total. The topological polar surface area (TPSA) is 117 Å². The SMILES string of the molecule is Cc1c(-c2ccc(CO)cc2)nc2c(C(=O)N3CCN(Cc4cc(F)cc(F)c4F)C[C@H]3C(N)=O)cnn2c1C(F)(F)F. The van der Waals surface area contributed by atoms with Gasteiger partial charge in [-0.25, -0.2) is 22.7 Å². The maximum atomic E-state index is 14.3. The first kappa shape index (κ1) is 30.0. The van der Waals surface area contributed by atoms with Crippen LogP contribution in [0.15, 0.2) is 42.6 Å². The maximum Gasteiger partial charge on any atom is 0.433 e. The van der Waals surface area contributed by atoms with Crippen molar-refractivity contribution in [2.45, 2.75) is 32.3 Å². The largest absolute Gasteiger partial charge is 0.433 e. The summed E-state index contributed by atoms with van der Waals surface area (Å²) in [6.45, 7) is 0.274. The van der Waals surface area contributed by atoms with Crippen molar-refractivity contribution in [3.63, 3.8) is 0 Å². The Kier molecular flexibility index (Phi) is 7.88. The minimum Gasteiger partial charge on any atom is -0.392 e. The fourth-order valence-corrected chi connectivity index (χ4v) is 5.20. The number of carbonyl (C=O) groups excluding carboxylic acids is 2. The van der Waals surface area contributed by atoms with E-state index in [1.807, 2.05) is 0 Å². The average molecular weight is 607 g/mol. The van der Waals surface area contributed by atoms with Gasteiger partial charge < -0.3 is 15.7 Å². The number of alkyl halides is 3. The number of hydrogen-bond acceptors (Lipinski definition) is 6. The predicted octanol–water partition coefficient (Wildman–Crippen LogP) is 3.45. The van der Waals surface area contributed by atoms with Gasteiger partial charge in [0.05, 0.1) is 18.5 Å². The number of piperazine rings is 1. The van der Waals surface area contributed by atoms with E-state index in [1.165, 1.54) is 36.1 Å². The normalized spacial score (nSPS) is 16.2. The minimum atomic E-state index is -4.88. The van der Waals surface area contributed by atoms with Gasteiger partial charge in [-0.15, -0.1) is 0 Å². The van der Waals surface area contributed by atoms with Crippen LogP contribution in [0.1, 0.15) is 32.7 Å². The Labute approximate surface area is 240 Å². The van der Waals surface area contributed by atoms with Crippen LogP contribution in [0.5, 0.6) is 0 Å². The van der Waals surface area contributed by atoms with Gasteiger partial charge in [0, 0.05) is 48.9 Å². The second-order valence-electron chi connectivity index (χ2n) is 10.1. The third-order valence-corrected chi connectivity index (χ3v) is 7.31. The Hall–Kier alpha value is -4.50. The molecule has 3 heterocycles. The summed E-state index contributed by atoms with van der Waals surface area (Å²) in [5.74, 6) is -5.46. The minimum absolute atomic E-state index is 0.0229. The van der Waals surface area contributed by atoms with Crippen molar-refractivity contribution in [1.29, 1.82) is 0 Å². The van der Waals surface area contributed by atoms with Gasteiger partial charge in [0.1, 0.15) is 17.4 Å². The highest BCUT2D eigenvalue weighted by Crippen LogP contribution is 2.37. The van der Waals surface area contributed by atoms with E-state index < -0.39 is 52.8 Å². The molecular weight excluding hydrogens is 582 g/mol. The summed E-state index contributed by atoms with van der Waals surface area (Å²) < 4.78 is 84.9. The van der Waals surface area contributed by atoms with Crippen molar-refractivity contribution in [2.75, 3.05) is 19.6 Å². The Bertz CT molecular complexity index is 1720. The van der Waals surface area contributed by atoms with Gasteiger partial charge in [-0.2, -0.15) is 18.3 Å². The smallest absolute Gasteiger partial charge is 0.392 e. The molecule has 5 rings (SSSR count). The summed E-state index contributed by atoms with van der Waals surface area (Å²) in [4.78, 5) is 33.0. The van der Waals surface area contributed by atoms with Crippen LogP contribution in [0.25, 0.3) is 16.9 Å². The highest BCUT2D eigenvalue weighted by Gasteiger charge is 2.40. The molecule has 2 aromatic heterocycles. The number of fused-ring (bicyclic) bond motifs is 1. The lowest BCUT2D eigenvalue weighted by atomic mass is 10.0. The molecule has 0 aliphatic carbocycles. The van der Waals surface area contributed by atoms with Gasteiger partial charge >= 0.3 is 6.18 Å². The molecule has 1 saturated heterocycles. The van der Waals surface area contributed by atoms with Crippen LogP contribution in [-0.4, -0.2) is 67.0 Å². The summed E-state index contributed by atoms with van der Waals surface area (Å²) in [6, 6.07) is 5.93. The molecule has 0 spiro atoms. The molecule has 4 aromatic rings. The molecule has 0 saturated carbocycles. The van der Waals surface area contributed by atoms with Crippen molar-refractivity contribution in [1.82, 2.24) is 24.4 Å². The van der Waals surface area contributed by atoms with Gasteiger partial charge in [0.15, 0.2) is 23.0 Å². The summed E-state index contributed by atoms with van der Waals surface area (Å²) in [5, 5.41) is 13.1. The molecular formula is C28H24F6N6O3. The second-order valence-corrected chi connectivity index (χ2v) is 10.1. The predicted molar refractivity (Wildman–Crippen MR) is 140 cm³/mol. The van der Waals surface area contributed by atoms with Crippen LogP contribution < -0.4 is 5.73 Å². The Balaban J connectivity index is 1.51. The molecule has 43 heavy (non-hydrogen) atoms. The number of aromatic nitrogens is 3. The summed E-state index contributed by atoms with van der Waals surface area (Å²) in [6.07, 6.45) is -3.96. The number of rotatable bonds is 6. The number of primary amides is 1. The van der Waals surface area contributed by atoms with Crippen LogP contribution in [0.4, 0.5) is 26.3 Å². The van der Waals surface area contributed by atoms with E-state index in [-0.39, 0.29) is 55.2 Å². The van der Waals surface area contributed by atoms with Crippen molar-refractivity contribution in [3.05, 3.63) is 88.0 Å². The fourth-order valence-electron chi connectivity index (χ4n) is 5.20. The molecule has 1 aliphatic heterocycles. The zero-order chi connectivity index (χ0) is 31.2. The van der Waals surface area contributed by atoms with Crippen molar-refractivity contribution in [2.24, 2.45) is 5.73 Å². The number of hydrogen-bond donors (Lipinski definition) is 2. The van der Waals surface area contributed by atoms with Crippen LogP contribution >= 0.6 is 0 Å². The van der Waals surface area contributed by atoms with Crippen LogP contribution in [0.2, 0.25) is 0 Å². The van der Waals surface area contributed by atoms with Crippen molar-refractivity contribution >= 4 is 17.5 Å². The van der Waals surface area contributed by atoms with E-state index in [2.05, 4.69) is 10.1 Å². The van der Waals surface area contributed by atoms with Crippen molar-refractivity contribution < 1.29 is 41.0 Å². The van der Waals surface area contributed by atoms with Gasteiger partial charge in [0.25, 0.3) is 5.91 Å². The number of nitrogens with zero attached hydrogens (tertiary/aromatic N) is 5. The van der Waals surface area contributed by atoms with E-state index in [4.69, 9.17) is 5.73 Å². The zero-order valence-corrected chi connectivity index (χ0v) is 22.5. The fraction of sp³-hybridized carbons (Fsp3) is 0.286. The molecule has 0 unspecified atom stereocenters. The van der Waals surface area contributed by atoms with E-state index in [0.717, 1.165) is 17.2 Å².